The molecule has 0 radical (unpaired) electrons. The summed E-state index contributed by atoms with van der Waals surface area (Å²) in [5.41, 5.74) is 0.873. The minimum atomic E-state index is -0.511. The van der Waals surface area contributed by atoms with E-state index in [1.165, 1.54) is 0 Å². The van der Waals surface area contributed by atoms with Crippen LogP contribution >= 0.6 is 0 Å². The maximum atomic E-state index is 12.8. The SMILES string of the molecule is COCCN1C(=O)[C@@H]2CCCN2C(=O)[C@H]1c1ccccc1. The van der Waals surface area contributed by atoms with Crippen molar-refractivity contribution in [2.24, 2.45) is 0 Å². The van der Waals surface area contributed by atoms with Crippen molar-refractivity contribution >= 4 is 11.8 Å². The van der Waals surface area contributed by atoms with Crippen LogP contribution in [0.4, 0.5) is 0 Å². The molecule has 3 rings (SSSR count). The lowest BCUT2D eigenvalue weighted by atomic mass is 9.98. The molecule has 0 unspecified atom stereocenters. The number of carbonyl (C=O) groups excluding carboxylic acids is 2. The van der Waals surface area contributed by atoms with E-state index < -0.39 is 6.04 Å². The van der Waals surface area contributed by atoms with Crippen LogP contribution in [0.2, 0.25) is 0 Å². The Labute approximate surface area is 124 Å². The minimum absolute atomic E-state index is 0.0411. The van der Waals surface area contributed by atoms with Crippen LogP contribution in [0.5, 0.6) is 0 Å². The van der Waals surface area contributed by atoms with E-state index in [-0.39, 0.29) is 17.9 Å². The van der Waals surface area contributed by atoms with Crippen molar-refractivity contribution in [2.75, 3.05) is 26.8 Å². The molecule has 2 aliphatic heterocycles. The molecule has 2 amide bonds. The third kappa shape index (κ3) is 2.42. The molecule has 5 nitrogen and oxygen atoms in total. The van der Waals surface area contributed by atoms with Crippen LogP contribution in [0, 0.1) is 0 Å². The molecule has 2 fully saturated rings. The van der Waals surface area contributed by atoms with Gasteiger partial charge in [-0.05, 0) is 18.4 Å². The van der Waals surface area contributed by atoms with Gasteiger partial charge in [0.05, 0.1) is 6.61 Å². The number of nitrogens with zero attached hydrogens (tertiary/aromatic N) is 2. The molecular weight excluding hydrogens is 268 g/mol. The highest BCUT2D eigenvalue weighted by atomic mass is 16.5. The molecular formula is C16H20N2O3. The number of carbonyl (C=O) groups is 2. The van der Waals surface area contributed by atoms with Gasteiger partial charge in [-0.1, -0.05) is 30.3 Å². The molecule has 0 bridgehead atoms. The molecule has 2 aliphatic rings. The maximum Gasteiger partial charge on any atom is 0.250 e. The number of rotatable bonds is 4. The quantitative estimate of drug-likeness (QED) is 0.836. The Balaban J connectivity index is 1.96. The Kier molecular flexibility index (Phi) is 3.92. The lowest BCUT2D eigenvalue weighted by Crippen LogP contribution is -2.59. The summed E-state index contributed by atoms with van der Waals surface area (Å²) < 4.78 is 5.10. The first-order valence-corrected chi connectivity index (χ1v) is 7.39. The summed E-state index contributed by atoms with van der Waals surface area (Å²) in [5, 5.41) is 0. The zero-order valence-corrected chi connectivity index (χ0v) is 12.2. The Hall–Kier alpha value is -1.88. The summed E-state index contributed by atoms with van der Waals surface area (Å²) in [4.78, 5) is 29.0. The number of hydrogen-bond donors (Lipinski definition) is 0. The van der Waals surface area contributed by atoms with E-state index in [2.05, 4.69) is 0 Å². The van der Waals surface area contributed by atoms with Gasteiger partial charge in [0.2, 0.25) is 5.91 Å². The van der Waals surface area contributed by atoms with E-state index in [0.717, 1.165) is 18.4 Å². The lowest BCUT2D eigenvalue weighted by Gasteiger charge is -2.42. The van der Waals surface area contributed by atoms with Gasteiger partial charge in [0, 0.05) is 20.2 Å². The number of ether oxygens (including phenoxy) is 1. The van der Waals surface area contributed by atoms with Gasteiger partial charge in [0.15, 0.2) is 0 Å². The van der Waals surface area contributed by atoms with E-state index in [1.807, 2.05) is 30.3 Å². The van der Waals surface area contributed by atoms with E-state index >= 15 is 0 Å². The van der Waals surface area contributed by atoms with Gasteiger partial charge in [-0.2, -0.15) is 0 Å². The highest BCUT2D eigenvalue weighted by Gasteiger charge is 2.47. The molecule has 1 aromatic rings. The first kappa shape index (κ1) is 14.1. The summed E-state index contributed by atoms with van der Waals surface area (Å²) in [6.07, 6.45) is 1.68. The fraction of sp³-hybridized carbons (Fsp3) is 0.500. The number of benzene rings is 1. The Morgan fingerprint density at radius 3 is 2.67 bits per heavy atom. The maximum absolute atomic E-state index is 12.8. The van der Waals surface area contributed by atoms with Gasteiger partial charge in [-0.25, -0.2) is 0 Å². The summed E-state index contributed by atoms with van der Waals surface area (Å²) in [6, 6.07) is 8.75. The number of amides is 2. The van der Waals surface area contributed by atoms with Crippen LogP contribution in [0.3, 0.4) is 0 Å². The molecule has 0 aromatic heterocycles. The molecule has 112 valence electrons. The van der Waals surface area contributed by atoms with Crippen molar-refractivity contribution in [3.63, 3.8) is 0 Å². The van der Waals surface area contributed by atoms with Crippen LogP contribution in [0.15, 0.2) is 30.3 Å². The minimum Gasteiger partial charge on any atom is -0.383 e. The third-order valence-electron chi connectivity index (χ3n) is 4.30. The second-order valence-corrected chi connectivity index (χ2v) is 5.53. The lowest BCUT2D eigenvalue weighted by molar-refractivity contribution is -0.160. The van der Waals surface area contributed by atoms with E-state index in [4.69, 9.17) is 4.74 Å². The van der Waals surface area contributed by atoms with Crippen molar-refractivity contribution in [3.8, 4) is 0 Å². The predicted octanol–water partition coefficient (Wildman–Crippen LogP) is 1.21. The number of fused-ring (bicyclic) bond motifs is 1. The third-order valence-corrected chi connectivity index (χ3v) is 4.30. The molecule has 21 heavy (non-hydrogen) atoms. The van der Waals surface area contributed by atoms with Crippen molar-refractivity contribution in [2.45, 2.75) is 24.9 Å². The van der Waals surface area contributed by atoms with Crippen LogP contribution in [-0.4, -0.2) is 54.5 Å². The van der Waals surface area contributed by atoms with Crippen LogP contribution in [0.25, 0.3) is 0 Å². The molecule has 0 spiro atoms. The van der Waals surface area contributed by atoms with E-state index in [9.17, 15) is 9.59 Å². The van der Waals surface area contributed by atoms with E-state index in [1.54, 1.807) is 16.9 Å². The van der Waals surface area contributed by atoms with Gasteiger partial charge in [0.1, 0.15) is 12.1 Å². The van der Waals surface area contributed by atoms with Gasteiger partial charge in [0.25, 0.3) is 5.91 Å². The highest BCUT2D eigenvalue weighted by molar-refractivity contribution is 5.98. The highest BCUT2D eigenvalue weighted by Crippen LogP contribution is 2.34. The zero-order valence-electron chi connectivity index (χ0n) is 12.2. The largest absolute Gasteiger partial charge is 0.383 e. The van der Waals surface area contributed by atoms with Crippen molar-refractivity contribution in [1.29, 1.82) is 0 Å². The summed E-state index contributed by atoms with van der Waals surface area (Å²) in [7, 11) is 1.61. The van der Waals surface area contributed by atoms with Gasteiger partial charge in [-0.3, -0.25) is 9.59 Å². The van der Waals surface area contributed by atoms with Gasteiger partial charge >= 0.3 is 0 Å². The summed E-state index contributed by atoms with van der Waals surface area (Å²) >= 11 is 0. The molecule has 2 atom stereocenters. The number of methoxy groups -OCH3 is 1. The Morgan fingerprint density at radius 2 is 1.95 bits per heavy atom. The molecule has 0 N–H and O–H groups in total. The van der Waals surface area contributed by atoms with Crippen molar-refractivity contribution in [3.05, 3.63) is 35.9 Å². The second kappa shape index (κ2) is 5.85. The predicted molar refractivity (Wildman–Crippen MR) is 77.5 cm³/mol. The zero-order chi connectivity index (χ0) is 14.8. The second-order valence-electron chi connectivity index (χ2n) is 5.53. The Morgan fingerprint density at radius 1 is 1.19 bits per heavy atom. The topological polar surface area (TPSA) is 49.9 Å². The molecule has 2 heterocycles. The van der Waals surface area contributed by atoms with Crippen LogP contribution in [-0.2, 0) is 14.3 Å². The average molecular weight is 288 g/mol. The first-order valence-electron chi connectivity index (χ1n) is 7.39. The molecule has 0 aliphatic carbocycles. The van der Waals surface area contributed by atoms with Crippen LogP contribution in [0.1, 0.15) is 24.4 Å². The van der Waals surface area contributed by atoms with Gasteiger partial charge in [-0.15, -0.1) is 0 Å². The summed E-state index contributed by atoms with van der Waals surface area (Å²) in [5.74, 6) is 0.0948. The van der Waals surface area contributed by atoms with Gasteiger partial charge < -0.3 is 14.5 Å². The fourth-order valence-electron chi connectivity index (χ4n) is 3.28. The standard InChI is InChI=1S/C16H20N2O3/c1-21-11-10-18-14(12-6-3-2-4-7-12)16(20)17-9-5-8-13(17)15(18)19/h2-4,6-7,13-14H,5,8-11H2,1H3/t13-,14+/m0/s1. The first-order chi connectivity index (χ1) is 10.2. The average Bonchev–Trinajstić information content (AvgIpc) is 3.00. The summed E-state index contributed by atoms with van der Waals surface area (Å²) in [6.45, 7) is 1.58. The number of piperazine rings is 1. The molecule has 5 heteroatoms. The molecule has 0 saturated carbocycles. The molecule has 2 saturated heterocycles. The normalized spacial score (nSPS) is 25.4. The number of hydrogen-bond acceptors (Lipinski definition) is 3. The monoisotopic (exact) mass is 288 g/mol. The smallest absolute Gasteiger partial charge is 0.250 e. The molecule has 1 aromatic carbocycles. The van der Waals surface area contributed by atoms with Crippen molar-refractivity contribution < 1.29 is 14.3 Å². The van der Waals surface area contributed by atoms with Crippen molar-refractivity contribution in [1.82, 2.24) is 9.80 Å². The fourth-order valence-corrected chi connectivity index (χ4v) is 3.28. The van der Waals surface area contributed by atoms with Crippen LogP contribution < -0.4 is 0 Å². The Bertz CT molecular complexity index is 532. The van der Waals surface area contributed by atoms with E-state index in [0.29, 0.717) is 19.7 Å².